The van der Waals surface area contributed by atoms with Crippen LogP contribution in [0.25, 0.3) is 0 Å². The first-order valence-electron chi connectivity index (χ1n) is 5.43. The standard InChI is InChI=1S/C11H12O3.C2H6/c1-3-14-11(13)10(12)9-6-4-8(2)5-7-9;1-2/h4-7H,3H2,1-2H3;1-2H3. The predicted octanol–water partition coefficient (Wildman–Crippen LogP) is 2.77. The second kappa shape index (κ2) is 7.63. The van der Waals surface area contributed by atoms with Crippen molar-refractivity contribution in [1.29, 1.82) is 0 Å². The molecule has 0 spiro atoms. The molecule has 16 heavy (non-hydrogen) atoms. The Bertz CT molecular complexity index is 339. The van der Waals surface area contributed by atoms with E-state index in [9.17, 15) is 9.59 Å². The molecule has 0 heterocycles. The quantitative estimate of drug-likeness (QED) is 0.448. The molecule has 0 radical (unpaired) electrons. The lowest BCUT2D eigenvalue weighted by atomic mass is 10.1. The Balaban J connectivity index is 0.00000106. The van der Waals surface area contributed by atoms with Gasteiger partial charge in [-0.25, -0.2) is 4.79 Å². The van der Waals surface area contributed by atoms with Crippen molar-refractivity contribution < 1.29 is 14.3 Å². The number of carbonyl (C=O) groups is 2. The third kappa shape index (κ3) is 4.26. The smallest absolute Gasteiger partial charge is 0.379 e. The van der Waals surface area contributed by atoms with Crippen molar-refractivity contribution in [2.24, 2.45) is 0 Å². The van der Waals surface area contributed by atoms with E-state index in [0.717, 1.165) is 5.56 Å². The van der Waals surface area contributed by atoms with Gasteiger partial charge in [-0.15, -0.1) is 0 Å². The van der Waals surface area contributed by atoms with Gasteiger partial charge < -0.3 is 4.74 Å². The Kier molecular flexibility index (Phi) is 6.84. The van der Waals surface area contributed by atoms with Crippen LogP contribution in [-0.2, 0) is 9.53 Å². The van der Waals surface area contributed by atoms with Crippen LogP contribution in [0.1, 0.15) is 36.7 Å². The molecule has 0 saturated heterocycles. The summed E-state index contributed by atoms with van der Waals surface area (Å²) < 4.78 is 4.60. The maximum atomic E-state index is 11.4. The van der Waals surface area contributed by atoms with Gasteiger partial charge in [-0.2, -0.15) is 0 Å². The van der Waals surface area contributed by atoms with E-state index in [0.29, 0.717) is 5.56 Å². The Morgan fingerprint density at radius 2 is 1.62 bits per heavy atom. The highest BCUT2D eigenvalue weighted by molar-refractivity contribution is 6.40. The zero-order valence-electron chi connectivity index (χ0n) is 10.2. The van der Waals surface area contributed by atoms with Crippen molar-refractivity contribution in [3.05, 3.63) is 35.4 Å². The molecule has 1 aromatic rings. The van der Waals surface area contributed by atoms with E-state index >= 15 is 0 Å². The van der Waals surface area contributed by atoms with Crippen LogP contribution < -0.4 is 0 Å². The number of rotatable bonds is 3. The summed E-state index contributed by atoms with van der Waals surface area (Å²) in [5.41, 5.74) is 1.42. The molecular formula is C13H18O3. The fourth-order valence-electron chi connectivity index (χ4n) is 1.02. The average molecular weight is 222 g/mol. The molecule has 0 amide bonds. The van der Waals surface area contributed by atoms with E-state index in [1.54, 1.807) is 31.2 Å². The summed E-state index contributed by atoms with van der Waals surface area (Å²) in [5, 5.41) is 0. The minimum atomic E-state index is -0.795. The first kappa shape index (κ1) is 14.4. The van der Waals surface area contributed by atoms with Gasteiger partial charge in [0, 0.05) is 5.56 Å². The van der Waals surface area contributed by atoms with E-state index in [-0.39, 0.29) is 6.61 Å². The van der Waals surface area contributed by atoms with Crippen LogP contribution in [0.15, 0.2) is 24.3 Å². The highest BCUT2D eigenvalue weighted by Crippen LogP contribution is 2.04. The fourth-order valence-corrected chi connectivity index (χ4v) is 1.02. The minimum Gasteiger partial charge on any atom is -0.460 e. The fraction of sp³-hybridized carbons (Fsp3) is 0.385. The van der Waals surface area contributed by atoms with Gasteiger partial charge in [0.2, 0.25) is 0 Å². The van der Waals surface area contributed by atoms with E-state index in [1.807, 2.05) is 20.8 Å². The molecule has 0 bridgehead atoms. The molecule has 0 aliphatic carbocycles. The Labute approximate surface area is 96.4 Å². The lowest BCUT2D eigenvalue weighted by Gasteiger charge is -2.00. The van der Waals surface area contributed by atoms with Gasteiger partial charge in [-0.1, -0.05) is 43.7 Å². The molecule has 0 atom stereocenters. The predicted molar refractivity (Wildman–Crippen MR) is 63.5 cm³/mol. The Morgan fingerprint density at radius 3 is 2.06 bits per heavy atom. The largest absolute Gasteiger partial charge is 0.460 e. The first-order chi connectivity index (χ1) is 7.65. The second-order valence-corrected chi connectivity index (χ2v) is 2.92. The number of Topliss-reactive ketones (excluding diaryl/α,β-unsaturated/α-hetero) is 1. The molecule has 0 saturated carbocycles. The molecule has 1 aromatic carbocycles. The number of hydrogen-bond donors (Lipinski definition) is 0. The monoisotopic (exact) mass is 222 g/mol. The van der Waals surface area contributed by atoms with Crippen LogP contribution in [0.5, 0.6) is 0 Å². The van der Waals surface area contributed by atoms with Crippen molar-refractivity contribution in [1.82, 2.24) is 0 Å². The highest BCUT2D eigenvalue weighted by atomic mass is 16.5. The second-order valence-electron chi connectivity index (χ2n) is 2.92. The number of ether oxygens (including phenoxy) is 1. The number of carbonyl (C=O) groups excluding carboxylic acids is 2. The third-order valence-corrected chi connectivity index (χ3v) is 1.77. The maximum absolute atomic E-state index is 11.4. The molecule has 88 valence electrons. The van der Waals surface area contributed by atoms with Gasteiger partial charge in [0.05, 0.1) is 6.61 Å². The molecule has 0 fully saturated rings. The normalized spacial score (nSPS) is 8.75. The minimum absolute atomic E-state index is 0.219. The first-order valence-corrected chi connectivity index (χ1v) is 5.43. The van der Waals surface area contributed by atoms with Gasteiger partial charge >= 0.3 is 5.97 Å². The van der Waals surface area contributed by atoms with Crippen LogP contribution in [0.2, 0.25) is 0 Å². The van der Waals surface area contributed by atoms with Crippen molar-refractivity contribution in [2.75, 3.05) is 6.61 Å². The van der Waals surface area contributed by atoms with Crippen LogP contribution >= 0.6 is 0 Å². The van der Waals surface area contributed by atoms with E-state index < -0.39 is 11.8 Å². The van der Waals surface area contributed by atoms with Crippen molar-refractivity contribution in [2.45, 2.75) is 27.7 Å². The number of aryl methyl sites for hydroxylation is 1. The zero-order valence-corrected chi connectivity index (χ0v) is 10.2. The van der Waals surface area contributed by atoms with Crippen LogP contribution in [0, 0.1) is 6.92 Å². The van der Waals surface area contributed by atoms with E-state index in [1.165, 1.54) is 0 Å². The average Bonchev–Trinajstić information content (AvgIpc) is 2.32. The molecular weight excluding hydrogens is 204 g/mol. The molecule has 0 aliphatic heterocycles. The highest BCUT2D eigenvalue weighted by Gasteiger charge is 2.16. The molecule has 3 nitrogen and oxygen atoms in total. The zero-order chi connectivity index (χ0) is 12.6. The molecule has 0 unspecified atom stereocenters. The van der Waals surface area contributed by atoms with E-state index in [2.05, 4.69) is 4.74 Å². The lowest BCUT2D eigenvalue weighted by Crippen LogP contribution is -2.17. The van der Waals surface area contributed by atoms with Gasteiger partial charge in [-0.05, 0) is 13.8 Å². The van der Waals surface area contributed by atoms with Crippen molar-refractivity contribution in [3.63, 3.8) is 0 Å². The summed E-state index contributed by atoms with van der Waals surface area (Å²) in [5.74, 6) is -1.39. The molecule has 3 heteroatoms. The summed E-state index contributed by atoms with van der Waals surface area (Å²) in [6, 6.07) is 6.81. The van der Waals surface area contributed by atoms with Gasteiger partial charge in [-0.3, -0.25) is 4.79 Å². The topological polar surface area (TPSA) is 43.4 Å². The number of ketones is 1. The summed E-state index contributed by atoms with van der Waals surface area (Å²) in [6.45, 7) is 7.80. The summed E-state index contributed by atoms with van der Waals surface area (Å²) >= 11 is 0. The van der Waals surface area contributed by atoms with Crippen LogP contribution in [0.3, 0.4) is 0 Å². The van der Waals surface area contributed by atoms with Crippen LogP contribution in [-0.4, -0.2) is 18.4 Å². The number of benzene rings is 1. The lowest BCUT2D eigenvalue weighted by molar-refractivity contribution is -0.137. The van der Waals surface area contributed by atoms with Crippen molar-refractivity contribution >= 4 is 11.8 Å². The Hall–Kier alpha value is -1.64. The molecule has 1 rings (SSSR count). The molecule has 0 N–H and O–H groups in total. The molecule has 0 aromatic heterocycles. The number of hydrogen-bond acceptors (Lipinski definition) is 3. The van der Waals surface area contributed by atoms with Gasteiger partial charge in [0.1, 0.15) is 0 Å². The number of esters is 1. The summed E-state index contributed by atoms with van der Waals surface area (Å²) in [4.78, 5) is 22.4. The molecule has 0 aliphatic rings. The SMILES string of the molecule is CC.CCOC(=O)C(=O)c1ccc(C)cc1. The van der Waals surface area contributed by atoms with Crippen molar-refractivity contribution in [3.8, 4) is 0 Å². The van der Waals surface area contributed by atoms with Gasteiger partial charge in [0.15, 0.2) is 0 Å². The van der Waals surface area contributed by atoms with Gasteiger partial charge in [0.25, 0.3) is 5.78 Å². The summed E-state index contributed by atoms with van der Waals surface area (Å²) in [6.07, 6.45) is 0. The van der Waals surface area contributed by atoms with E-state index in [4.69, 9.17) is 0 Å². The van der Waals surface area contributed by atoms with Crippen LogP contribution in [0.4, 0.5) is 0 Å². The summed E-state index contributed by atoms with van der Waals surface area (Å²) in [7, 11) is 0. The Morgan fingerprint density at radius 1 is 1.12 bits per heavy atom. The third-order valence-electron chi connectivity index (χ3n) is 1.77. The maximum Gasteiger partial charge on any atom is 0.379 e.